The number of hydrogen-bond donors (Lipinski definition) is 2. The Kier molecular flexibility index (Phi) is 8.24. The summed E-state index contributed by atoms with van der Waals surface area (Å²) in [7, 11) is 1.85. The molecule has 1 atom stereocenters. The zero-order valence-electron chi connectivity index (χ0n) is 10.9. The summed E-state index contributed by atoms with van der Waals surface area (Å²) in [6.45, 7) is 5.25. The zero-order chi connectivity index (χ0) is 12.8. The zero-order valence-corrected chi connectivity index (χ0v) is 13.3. The maximum Gasteiger partial charge on any atom is 0.224 e. The molecule has 0 bridgehead atoms. The molecule has 0 aliphatic carbocycles. The van der Waals surface area contributed by atoms with Crippen LogP contribution in [0.3, 0.4) is 0 Å². The average Bonchev–Trinajstić information content (AvgIpc) is 2.27. The van der Waals surface area contributed by atoms with Gasteiger partial charge in [-0.15, -0.1) is 12.4 Å². The van der Waals surface area contributed by atoms with Crippen molar-refractivity contribution in [1.29, 1.82) is 0 Å². The first-order valence-electron chi connectivity index (χ1n) is 5.72. The fourth-order valence-corrected chi connectivity index (χ4v) is 2.09. The van der Waals surface area contributed by atoms with Crippen LogP contribution in [-0.4, -0.2) is 19.5 Å². The molecule has 3 nitrogen and oxygen atoms in total. The summed E-state index contributed by atoms with van der Waals surface area (Å²) in [5, 5.41) is 5.95. The largest absolute Gasteiger partial charge is 0.352 e. The van der Waals surface area contributed by atoms with Gasteiger partial charge in [0.15, 0.2) is 0 Å². The molecule has 0 aliphatic rings. The van der Waals surface area contributed by atoms with Crippen LogP contribution in [0.15, 0.2) is 22.7 Å². The van der Waals surface area contributed by atoms with Crippen molar-refractivity contribution in [3.63, 3.8) is 0 Å². The molecule has 2 N–H and O–H groups in total. The molecule has 1 unspecified atom stereocenters. The van der Waals surface area contributed by atoms with Crippen molar-refractivity contribution in [2.45, 2.75) is 20.4 Å². The summed E-state index contributed by atoms with van der Waals surface area (Å²) in [4.78, 5) is 11.7. The van der Waals surface area contributed by atoms with Gasteiger partial charge in [0, 0.05) is 23.5 Å². The smallest absolute Gasteiger partial charge is 0.224 e. The van der Waals surface area contributed by atoms with E-state index in [1.54, 1.807) is 0 Å². The van der Waals surface area contributed by atoms with Gasteiger partial charge in [-0.2, -0.15) is 0 Å². The molecule has 0 saturated carbocycles. The number of aryl methyl sites for hydroxylation is 1. The number of carbonyl (C=O) groups excluding carboxylic acids is 1. The first kappa shape index (κ1) is 17.4. The minimum Gasteiger partial charge on any atom is -0.352 e. The fourth-order valence-electron chi connectivity index (χ4n) is 1.61. The summed E-state index contributed by atoms with van der Waals surface area (Å²) in [5.74, 6) is 0.0809. The molecule has 1 aromatic carbocycles. The van der Waals surface area contributed by atoms with Crippen molar-refractivity contribution in [3.8, 4) is 0 Å². The van der Waals surface area contributed by atoms with E-state index >= 15 is 0 Å². The molecule has 0 heterocycles. The van der Waals surface area contributed by atoms with Crippen LogP contribution in [0.4, 0.5) is 0 Å². The van der Waals surface area contributed by atoms with E-state index in [4.69, 9.17) is 0 Å². The lowest BCUT2D eigenvalue weighted by molar-refractivity contribution is -0.124. The molecule has 0 aliphatic heterocycles. The predicted molar refractivity (Wildman–Crippen MR) is 81.1 cm³/mol. The first-order chi connectivity index (χ1) is 8.04. The lowest BCUT2D eigenvalue weighted by atomic mass is 10.1. The van der Waals surface area contributed by atoms with Gasteiger partial charge in [-0.1, -0.05) is 28.9 Å². The Hall–Kier alpha value is -0.580. The highest BCUT2D eigenvalue weighted by atomic mass is 79.9. The molecule has 1 rings (SSSR count). The second kappa shape index (κ2) is 8.51. The van der Waals surface area contributed by atoms with E-state index in [-0.39, 0.29) is 24.2 Å². The average molecular weight is 336 g/mol. The third-order valence-electron chi connectivity index (χ3n) is 2.72. The number of hydrogen-bond acceptors (Lipinski definition) is 2. The summed E-state index contributed by atoms with van der Waals surface area (Å²) < 4.78 is 1.06. The van der Waals surface area contributed by atoms with Gasteiger partial charge in [-0.05, 0) is 37.2 Å². The summed E-state index contributed by atoms with van der Waals surface area (Å²) in [5.41, 5.74) is 2.33. The number of nitrogens with one attached hydrogen (secondary N) is 2. The Morgan fingerprint density at radius 2 is 2.11 bits per heavy atom. The molecular weight excluding hydrogens is 316 g/mol. The van der Waals surface area contributed by atoms with E-state index < -0.39 is 0 Å². The summed E-state index contributed by atoms with van der Waals surface area (Å²) >= 11 is 3.42. The van der Waals surface area contributed by atoms with Gasteiger partial charge in [0.05, 0.1) is 0 Å². The van der Waals surface area contributed by atoms with Gasteiger partial charge < -0.3 is 10.6 Å². The minimum absolute atomic E-state index is 0. The Labute approximate surface area is 123 Å². The predicted octanol–water partition coefficient (Wildman–Crippen LogP) is 2.65. The Morgan fingerprint density at radius 3 is 2.67 bits per heavy atom. The van der Waals surface area contributed by atoms with E-state index in [9.17, 15) is 4.79 Å². The lowest BCUT2D eigenvalue weighted by Crippen LogP contribution is -2.34. The number of benzene rings is 1. The van der Waals surface area contributed by atoms with E-state index in [0.29, 0.717) is 13.1 Å². The molecule has 0 spiro atoms. The number of carbonyl (C=O) groups is 1. The molecule has 1 amide bonds. The summed E-state index contributed by atoms with van der Waals surface area (Å²) in [6, 6.07) is 6.08. The minimum atomic E-state index is -0.00393. The highest BCUT2D eigenvalue weighted by Gasteiger charge is 2.11. The van der Waals surface area contributed by atoms with Crippen molar-refractivity contribution >= 4 is 34.2 Å². The molecule has 0 saturated heterocycles. The van der Waals surface area contributed by atoms with Crippen LogP contribution in [0.2, 0.25) is 0 Å². The van der Waals surface area contributed by atoms with Gasteiger partial charge in [0.2, 0.25) is 5.91 Å². The van der Waals surface area contributed by atoms with Gasteiger partial charge in [0.1, 0.15) is 0 Å². The summed E-state index contributed by atoms with van der Waals surface area (Å²) in [6.07, 6.45) is 0. The molecule has 0 fully saturated rings. The number of rotatable bonds is 5. The van der Waals surface area contributed by atoms with Crippen molar-refractivity contribution in [3.05, 3.63) is 33.8 Å². The van der Waals surface area contributed by atoms with Crippen LogP contribution in [0, 0.1) is 12.8 Å². The van der Waals surface area contributed by atoms with Crippen LogP contribution < -0.4 is 10.6 Å². The van der Waals surface area contributed by atoms with Gasteiger partial charge >= 0.3 is 0 Å². The van der Waals surface area contributed by atoms with E-state index in [0.717, 1.165) is 10.0 Å². The number of halogens is 2. The molecule has 0 radical (unpaired) electrons. The van der Waals surface area contributed by atoms with Crippen LogP contribution in [0.25, 0.3) is 0 Å². The third-order valence-corrected chi connectivity index (χ3v) is 3.21. The quantitative estimate of drug-likeness (QED) is 0.868. The monoisotopic (exact) mass is 334 g/mol. The van der Waals surface area contributed by atoms with Crippen molar-refractivity contribution in [2.75, 3.05) is 13.6 Å². The van der Waals surface area contributed by atoms with Gasteiger partial charge in [-0.3, -0.25) is 4.79 Å². The van der Waals surface area contributed by atoms with Crippen LogP contribution in [-0.2, 0) is 11.3 Å². The highest BCUT2D eigenvalue weighted by molar-refractivity contribution is 9.10. The fraction of sp³-hybridized carbons (Fsp3) is 0.462. The molecule has 18 heavy (non-hydrogen) atoms. The molecule has 102 valence electrons. The second-order valence-electron chi connectivity index (χ2n) is 4.25. The maximum atomic E-state index is 11.7. The van der Waals surface area contributed by atoms with E-state index in [1.807, 2.05) is 33.0 Å². The van der Waals surface area contributed by atoms with Crippen LogP contribution >= 0.6 is 28.3 Å². The molecular formula is C13H20BrClN2O. The van der Waals surface area contributed by atoms with Crippen molar-refractivity contribution in [1.82, 2.24) is 10.6 Å². The lowest BCUT2D eigenvalue weighted by Gasteiger charge is -2.12. The Balaban J connectivity index is 0.00000289. The van der Waals surface area contributed by atoms with Crippen LogP contribution in [0.5, 0.6) is 0 Å². The van der Waals surface area contributed by atoms with Crippen LogP contribution in [0.1, 0.15) is 18.1 Å². The van der Waals surface area contributed by atoms with E-state index in [1.165, 1.54) is 5.56 Å². The molecule has 1 aromatic rings. The van der Waals surface area contributed by atoms with Gasteiger partial charge in [0.25, 0.3) is 0 Å². The topological polar surface area (TPSA) is 41.1 Å². The Morgan fingerprint density at radius 1 is 1.44 bits per heavy atom. The van der Waals surface area contributed by atoms with Gasteiger partial charge in [-0.25, -0.2) is 0 Å². The standard InChI is InChI=1S/C13H19BrN2O.ClH/c1-9-6-12(14)5-4-11(9)8-16-13(17)10(2)7-15-3;/h4-6,10,15H,7-8H2,1-3H3,(H,16,17);1H. The first-order valence-corrected chi connectivity index (χ1v) is 6.51. The number of amides is 1. The van der Waals surface area contributed by atoms with Crippen molar-refractivity contribution in [2.24, 2.45) is 5.92 Å². The molecule has 5 heteroatoms. The SMILES string of the molecule is CNCC(C)C(=O)NCc1ccc(Br)cc1C.Cl. The Bertz CT molecular complexity index is 399. The second-order valence-corrected chi connectivity index (χ2v) is 5.16. The highest BCUT2D eigenvalue weighted by Crippen LogP contribution is 2.15. The van der Waals surface area contributed by atoms with Crippen molar-refractivity contribution < 1.29 is 4.79 Å². The maximum absolute atomic E-state index is 11.7. The van der Waals surface area contributed by atoms with E-state index in [2.05, 4.69) is 32.6 Å². The normalized spacial score (nSPS) is 11.6. The third kappa shape index (κ3) is 5.38. The molecule has 0 aromatic heterocycles.